The molecule has 0 amide bonds. The Morgan fingerprint density at radius 3 is 2.37 bits per heavy atom. The molecule has 0 fully saturated rings. The molecule has 19 heavy (non-hydrogen) atoms. The van der Waals surface area contributed by atoms with Gasteiger partial charge in [0.1, 0.15) is 5.69 Å². The van der Waals surface area contributed by atoms with E-state index in [1.807, 2.05) is 0 Å². The molecule has 1 aromatic carbocycles. The van der Waals surface area contributed by atoms with Gasteiger partial charge < -0.3 is 0 Å². The van der Waals surface area contributed by atoms with E-state index in [2.05, 4.69) is 9.97 Å². The van der Waals surface area contributed by atoms with E-state index in [1.165, 1.54) is 24.5 Å². The zero-order chi connectivity index (χ0) is 13.9. The molecule has 2 aromatic rings. The van der Waals surface area contributed by atoms with Gasteiger partial charge in [0.05, 0.1) is 11.0 Å². The summed E-state index contributed by atoms with van der Waals surface area (Å²) in [6.07, 6.45) is 2.63. The van der Waals surface area contributed by atoms with E-state index in [-0.39, 0.29) is 15.7 Å². The number of aromatic nitrogens is 2. The monoisotopic (exact) mass is 293 g/mol. The van der Waals surface area contributed by atoms with Crippen molar-refractivity contribution in [3.63, 3.8) is 0 Å². The zero-order valence-corrected chi connectivity index (χ0v) is 11.1. The third-order valence-electron chi connectivity index (χ3n) is 2.43. The van der Waals surface area contributed by atoms with Gasteiger partial charge in [-0.05, 0) is 12.1 Å². The molecular formula is C12H8ClN3O2S. The molecule has 2 rings (SSSR count). The maximum Gasteiger partial charge on any atom is 0.200 e. The molecule has 1 heterocycles. The SMILES string of the molecule is N#C[C@H](c1nccnc1Cl)S(=O)(=O)c1ccccc1. The van der Waals surface area contributed by atoms with Gasteiger partial charge in [0.25, 0.3) is 0 Å². The molecule has 1 atom stereocenters. The second-order valence-corrected chi connectivity index (χ2v) is 5.99. The number of nitriles is 1. The topological polar surface area (TPSA) is 83.7 Å². The molecule has 0 radical (unpaired) electrons. The van der Waals surface area contributed by atoms with Crippen molar-refractivity contribution in [3.8, 4) is 6.07 Å². The highest BCUT2D eigenvalue weighted by Gasteiger charge is 2.32. The Bertz CT molecular complexity index is 726. The molecule has 0 bridgehead atoms. The maximum atomic E-state index is 12.4. The molecule has 0 spiro atoms. The minimum atomic E-state index is -3.87. The molecule has 0 saturated carbocycles. The van der Waals surface area contributed by atoms with Gasteiger partial charge in [0.15, 0.2) is 10.4 Å². The van der Waals surface area contributed by atoms with Crippen LogP contribution in [0.2, 0.25) is 5.15 Å². The van der Waals surface area contributed by atoms with Crippen LogP contribution in [-0.2, 0) is 9.84 Å². The Labute approximate surface area is 115 Å². The fourth-order valence-corrected chi connectivity index (χ4v) is 3.22. The van der Waals surface area contributed by atoms with Gasteiger partial charge in [0, 0.05) is 12.4 Å². The molecule has 0 N–H and O–H groups in total. The van der Waals surface area contributed by atoms with Crippen LogP contribution in [0.25, 0.3) is 0 Å². The lowest BCUT2D eigenvalue weighted by molar-refractivity contribution is 0.590. The highest BCUT2D eigenvalue weighted by atomic mass is 35.5. The molecule has 7 heteroatoms. The summed E-state index contributed by atoms with van der Waals surface area (Å²) >= 11 is 5.80. The van der Waals surface area contributed by atoms with Gasteiger partial charge in [-0.3, -0.25) is 4.98 Å². The lowest BCUT2D eigenvalue weighted by Gasteiger charge is -2.10. The van der Waals surface area contributed by atoms with Gasteiger partial charge in [-0.2, -0.15) is 5.26 Å². The number of hydrogen-bond acceptors (Lipinski definition) is 5. The third-order valence-corrected chi connectivity index (χ3v) is 4.60. The molecule has 0 aliphatic heterocycles. The summed E-state index contributed by atoms with van der Waals surface area (Å²) in [5.41, 5.74) is -0.0597. The lowest BCUT2D eigenvalue weighted by atomic mass is 10.3. The molecule has 0 unspecified atom stereocenters. The van der Waals surface area contributed by atoms with Crippen molar-refractivity contribution in [1.29, 1.82) is 5.26 Å². The van der Waals surface area contributed by atoms with Gasteiger partial charge in [-0.25, -0.2) is 13.4 Å². The molecule has 5 nitrogen and oxygen atoms in total. The van der Waals surface area contributed by atoms with Crippen LogP contribution in [-0.4, -0.2) is 18.4 Å². The minimum Gasteiger partial charge on any atom is -0.254 e. The van der Waals surface area contributed by atoms with Gasteiger partial charge in [0.2, 0.25) is 9.84 Å². The average molecular weight is 294 g/mol. The molecule has 0 aliphatic carbocycles. The van der Waals surface area contributed by atoms with E-state index in [0.29, 0.717) is 0 Å². The molecule has 96 valence electrons. The highest BCUT2D eigenvalue weighted by Crippen LogP contribution is 2.29. The predicted octanol–water partition coefficient (Wildman–Crippen LogP) is 2.17. The second-order valence-electron chi connectivity index (χ2n) is 3.60. The number of hydrogen-bond donors (Lipinski definition) is 0. The van der Waals surface area contributed by atoms with Crippen LogP contribution in [0.5, 0.6) is 0 Å². The van der Waals surface area contributed by atoms with Crippen molar-refractivity contribution >= 4 is 21.4 Å². The van der Waals surface area contributed by atoms with Gasteiger partial charge in [-0.15, -0.1) is 0 Å². The quantitative estimate of drug-likeness (QED) is 0.866. The first-order valence-corrected chi connectivity index (χ1v) is 7.15. The number of sulfone groups is 1. The van der Waals surface area contributed by atoms with Gasteiger partial charge in [-0.1, -0.05) is 29.8 Å². The molecule has 0 saturated heterocycles. The fourth-order valence-electron chi connectivity index (χ4n) is 1.53. The number of rotatable bonds is 3. The Morgan fingerprint density at radius 2 is 1.79 bits per heavy atom. The Kier molecular flexibility index (Phi) is 3.79. The Balaban J connectivity index is 2.56. The van der Waals surface area contributed by atoms with Crippen LogP contribution in [0.15, 0.2) is 47.6 Å². The predicted molar refractivity (Wildman–Crippen MR) is 69.0 cm³/mol. The van der Waals surface area contributed by atoms with E-state index in [1.54, 1.807) is 24.3 Å². The van der Waals surface area contributed by atoms with Crippen LogP contribution in [0.4, 0.5) is 0 Å². The highest BCUT2D eigenvalue weighted by molar-refractivity contribution is 7.92. The van der Waals surface area contributed by atoms with E-state index in [9.17, 15) is 8.42 Å². The number of benzene rings is 1. The largest absolute Gasteiger partial charge is 0.254 e. The van der Waals surface area contributed by atoms with E-state index < -0.39 is 15.1 Å². The van der Waals surface area contributed by atoms with Crippen LogP contribution in [0.3, 0.4) is 0 Å². The van der Waals surface area contributed by atoms with Crippen LogP contribution >= 0.6 is 11.6 Å². The number of nitrogens with zero attached hydrogens (tertiary/aromatic N) is 3. The minimum absolute atomic E-state index is 0.0447. The lowest BCUT2D eigenvalue weighted by Crippen LogP contribution is -2.14. The van der Waals surface area contributed by atoms with Crippen LogP contribution in [0, 0.1) is 11.3 Å². The Morgan fingerprint density at radius 1 is 1.16 bits per heavy atom. The molecule has 1 aromatic heterocycles. The van der Waals surface area contributed by atoms with Crippen molar-refractivity contribution < 1.29 is 8.42 Å². The summed E-state index contributed by atoms with van der Waals surface area (Å²) in [5, 5.41) is 7.58. The summed E-state index contributed by atoms with van der Waals surface area (Å²) in [6.45, 7) is 0. The third kappa shape index (κ3) is 2.57. The first kappa shape index (κ1) is 13.5. The fraction of sp³-hybridized carbons (Fsp3) is 0.0833. The summed E-state index contributed by atoms with van der Waals surface area (Å²) in [6, 6.07) is 9.42. The first-order valence-electron chi connectivity index (χ1n) is 5.22. The average Bonchev–Trinajstić information content (AvgIpc) is 2.42. The van der Waals surface area contributed by atoms with Crippen molar-refractivity contribution in [1.82, 2.24) is 9.97 Å². The van der Waals surface area contributed by atoms with Crippen LogP contribution in [0.1, 0.15) is 10.9 Å². The standard InChI is InChI=1S/C12H8ClN3O2S/c13-12-11(15-6-7-16-12)10(8-14)19(17,18)9-4-2-1-3-5-9/h1-7,10H/t10-/m1/s1. The smallest absolute Gasteiger partial charge is 0.200 e. The van der Waals surface area contributed by atoms with Crippen molar-refractivity contribution in [3.05, 3.63) is 53.6 Å². The van der Waals surface area contributed by atoms with Crippen LogP contribution < -0.4 is 0 Å². The van der Waals surface area contributed by atoms with Crippen molar-refractivity contribution in [2.75, 3.05) is 0 Å². The normalized spacial score (nSPS) is 12.6. The summed E-state index contributed by atoms with van der Waals surface area (Å²) in [5.74, 6) is 0. The van der Waals surface area contributed by atoms with E-state index >= 15 is 0 Å². The molecule has 0 aliphatic rings. The van der Waals surface area contributed by atoms with E-state index in [4.69, 9.17) is 16.9 Å². The maximum absolute atomic E-state index is 12.4. The number of halogens is 1. The first-order chi connectivity index (χ1) is 9.07. The van der Waals surface area contributed by atoms with Crippen molar-refractivity contribution in [2.24, 2.45) is 0 Å². The summed E-state index contributed by atoms with van der Waals surface area (Å²) < 4.78 is 24.7. The summed E-state index contributed by atoms with van der Waals surface area (Å²) in [4.78, 5) is 7.63. The second kappa shape index (κ2) is 5.34. The van der Waals surface area contributed by atoms with Crippen molar-refractivity contribution in [2.45, 2.75) is 10.1 Å². The van der Waals surface area contributed by atoms with Gasteiger partial charge >= 0.3 is 0 Å². The zero-order valence-electron chi connectivity index (χ0n) is 9.56. The Hall–Kier alpha value is -1.97. The summed E-state index contributed by atoms with van der Waals surface area (Å²) in [7, 11) is -3.87. The molecular weight excluding hydrogens is 286 g/mol. The van der Waals surface area contributed by atoms with E-state index in [0.717, 1.165) is 0 Å².